The molecule has 0 aliphatic heterocycles. The zero-order valence-electron chi connectivity index (χ0n) is 11.6. The van der Waals surface area contributed by atoms with Gasteiger partial charge in [-0.2, -0.15) is 14.9 Å². The monoisotopic (exact) mass is 452 g/mol. The third-order valence-electron chi connectivity index (χ3n) is 3.07. The highest BCUT2D eigenvalue weighted by Gasteiger charge is 2.11. The van der Waals surface area contributed by atoms with Crippen molar-refractivity contribution in [3.63, 3.8) is 0 Å². The van der Waals surface area contributed by atoms with Crippen LogP contribution >= 0.6 is 44.1 Å². The number of aromatic nitrogens is 3. The number of phenols is 1. The maximum absolute atomic E-state index is 9.89. The van der Waals surface area contributed by atoms with E-state index in [1.165, 1.54) is 10.9 Å². The van der Waals surface area contributed by atoms with Crippen LogP contribution in [0.2, 0.25) is 0 Å². The van der Waals surface area contributed by atoms with Crippen molar-refractivity contribution in [3.05, 3.63) is 61.7 Å². The van der Waals surface area contributed by atoms with Gasteiger partial charge in [0.1, 0.15) is 5.75 Å². The molecule has 3 aromatic rings. The van der Waals surface area contributed by atoms with Crippen molar-refractivity contribution in [1.82, 2.24) is 14.9 Å². The van der Waals surface area contributed by atoms with Crippen LogP contribution in [0.5, 0.6) is 5.75 Å². The number of nitrogens with one attached hydrogen (secondary N) is 1. The SMILES string of the molecule is Oc1ccc(Br)cc1/C=N/n1c(-c2ccccc2Br)n[nH]c1=S. The Hall–Kier alpha value is -1.77. The second kappa shape index (κ2) is 6.77. The van der Waals surface area contributed by atoms with Gasteiger partial charge in [0.05, 0.1) is 6.21 Å². The van der Waals surface area contributed by atoms with Crippen molar-refractivity contribution in [2.24, 2.45) is 5.10 Å². The Bertz CT molecular complexity index is 949. The summed E-state index contributed by atoms with van der Waals surface area (Å²) in [6, 6.07) is 12.8. The fourth-order valence-electron chi connectivity index (χ4n) is 1.96. The van der Waals surface area contributed by atoms with E-state index in [-0.39, 0.29) is 5.75 Å². The quantitative estimate of drug-likeness (QED) is 0.445. The number of aromatic hydroxyl groups is 1. The van der Waals surface area contributed by atoms with E-state index in [4.69, 9.17) is 12.2 Å². The maximum atomic E-state index is 9.89. The van der Waals surface area contributed by atoms with Gasteiger partial charge in [0, 0.05) is 20.1 Å². The molecule has 116 valence electrons. The normalized spacial score (nSPS) is 11.2. The highest BCUT2D eigenvalue weighted by molar-refractivity contribution is 9.10. The number of hydrogen-bond donors (Lipinski definition) is 2. The van der Waals surface area contributed by atoms with E-state index in [0.717, 1.165) is 14.5 Å². The lowest BCUT2D eigenvalue weighted by Crippen LogP contribution is -1.96. The summed E-state index contributed by atoms with van der Waals surface area (Å²) in [7, 11) is 0. The van der Waals surface area contributed by atoms with Crippen LogP contribution in [-0.4, -0.2) is 26.2 Å². The summed E-state index contributed by atoms with van der Waals surface area (Å²) in [6.45, 7) is 0. The summed E-state index contributed by atoms with van der Waals surface area (Å²) in [4.78, 5) is 0. The van der Waals surface area contributed by atoms with Crippen LogP contribution in [0.1, 0.15) is 5.56 Å². The lowest BCUT2D eigenvalue weighted by Gasteiger charge is -2.04. The van der Waals surface area contributed by atoms with Crippen LogP contribution in [0.3, 0.4) is 0 Å². The first-order valence-corrected chi connectivity index (χ1v) is 8.51. The number of hydrogen-bond acceptors (Lipinski definition) is 4. The molecule has 0 unspecified atom stereocenters. The highest BCUT2D eigenvalue weighted by atomic mass is 79.9. The van der Waals surface area contributed by atoms with Crippen molar-refractivity contribution in [2.75, 3.05) is 0 Å². The molecule has 1 heterocycles. The number of rotatable bonds is 3. The van der Waals surface area contributed by atoms with Crippen LogP contribution in [0.15, 0.2) is 56.5 Å². The molecule has 0 aliphatic rings. The first-order chi connectivity index (χ1) is 11.1. The summed E-state index contributed by atoms with van der Waals surface area (Å²) >= 11 is 12.1. The molecule has 2 aromatic carbocycles. The number of nitrogens with zero attached hydrogens (tertiary/aromatic N) is 3. The summed E-state index contributed by atoms with van der Waals surface area (Å²) in [6.07, 6.45) is 1.53. The van der Waals surface area contributed by atoms with Gasteiger partial charge < -0.3 is 5.11 Å². The molecule has 0 saturated carbocycles. The largest absolute Gasteiger partial charge is 0.507 e. The van der Waals surface area contributed by atoms with E-state index in [1.54, 1.807) is 18.2 Å². The third-order valence-corrected chi connectivity index (χ3v) is 4.52. The fourth-order valence-corrected chi connectivity index (χ4v) is 2.98. The van der Waals surface area contributed by atoms with Crippen molar-refractivity contribution in [1.29, 1.82) is 0 Å². The van der Waals surface area contributed by atoms with Gasteiger partial charge in [-0.15, -0.1) is 0 Å². The van der Waals surface area contributed by atoms with E-state index < -0.39 is 0 Å². The Balaban J connectivity index is 2.06. The molecule has 23 heavy (non-hydrogen) atoms. The topological polar surface area (TPSA) is 66.2 Å². The Morgan fingerprint density at radius 3 is 2.78 bits per heavy atom. The smallest absolute Gasteiger partial charge is 0.216 e. The minimum Gasteiger partial charge on any atom is -0.507 e. The molecule has 0 saturated heterocycles. The second-order valence-electron chi connectivity index (χ2n) is 4.59. The summed E-state index contributed by atoms with van der Waals surface area (Å²) in [5.41, 5.74) is 1.43. The van der Waals surface area contributed by atoms with E-state index in [0.29, 0.717) is 16.2 Å². The van der Waals surface area contributed by atoms with Gasteiger partial charge in [-0.3, -0.25) is 0 Å². The molecule has 0 bridgehead atoms. The lowest BCUT2D eigenvalue weighted by atomic mass is 10.2. The Labute approximate surface area is 153 Å². The third kappa shape index (κ3) is 3.44. The molecular weight excluding hydrogens is 444 g/mol. The van der Waals surface area contributed by atoms with Gasteiger partial charge in [0.25, 0.3) is 0 Å². The zero-order valence-corrected chi connectivity index (χ0v) is 15.6. The lowest BCUT2D eigenvalue weighted by molar-refractivity contribution is 0.474. The molecule has 0 radical (unpaired) electrons. The second-order valence-corrected chi connectivity index (χ2v) is 6.75. The molecule has 0 amide bonds. The van der Waals surface area contributed by atoms with Crippen LogP contribution < -0.4 is 0 Å². The number of phenolic OH excluding ortho intramolecular Hbond substituents is 1. The average Bonchev–Trinajstić information content (AvgIpc) is 2.89. The van der Waals surface area contributed by atoms with Crippen LogP contribution in [0, 0.1) is 4.77 Å². The Morgan fingerprint density at radius 2 is 2.00 bits per heavy atom. The number of halogens is 2. The first kappa shape index (κ1) is 16.1. The van der Waals surface area contributed by atoms with E-state index in [1.807, 2.05) is 24.3 Å². The molecule has 5 nitrogen and oxygen atoms in total. The van der Waals surface area contributed by atoms with Gasteiger partial charge in [-0.1, -0.05) is 44.0 Å². The van der Waals surface area contributed by atoms with Crippen molar-refractivity contribution < 1.29 is 5.11 Å². The molecule has 1 aromatic heterocycles. The first-order valence-electron chi connectivity index (χ1n) is 6.51. The van der Waals surface area contributed by atoms with E-state index in [2.05, 4.69) is 47.2 Å². The van der Waals surface area contributed by atoms with E-state index in [9.17, 15) is 5.11 Å². The number of aromatic amines is 1. The Kier molecular flexibility index (Phi) is 4.74. The van der Waals surface area contributed by atoms with Gasteiger partial charge in [-0.25, -0.2) is 5.10 Å². The molecule has 3 rings (SSSR count). The van der Waals surface area contributed by atoms with Gasteiger partial charge >= 0.3 is 0 Å². The van der Waals surface area contributed by atoms with Crippen molar-refractivity contribution in [3.8, 4) is 17.1 Å². The predicted molar refractivity (Wildman–Crippen MR) is 99.3 cm³/mol. The standard InChI is InChI=1S/C15H10Br2N4OS/c16-10-5-6-13(22)9(7-10)8-18-21-14(19-20-15(21)23)11-3-1-2-4-12(11)17/h1-8,22H,(H,20,23)/b18-8+. The summed E-state index contributed by atoms with van der Waals surface area (Å²) in [5.74, 6) is 0.711. The fraction of sp³-hybridized carbons (Fsp3) is 0. The maximum Gasteiger partial charge on any atom is 0.216 e. The van der Waals surface area contributed by atoms with Crippen LogP contribution in [-0.2, 0) is 0 Å². The van der Waals surface area contributed by atoms with Gasteiger partial charge in [0.15, 0.2) is 5.82 Å². The molecule has 2 N–H and O–H groups in total. The molecule has 0 atom stereocenters. The van der Waals surface area contributed by atoms with Gasteiger partial charge in [0.2, 0.25) is 4.77 Å². The number of H-pyrrole nitrogens is 1. The minimum atomic E-state index is 0.134. The molecule has 0 aliphatic carbocycles. The van der Waals surface area contributed by atoms with Crippen LogP contribution in [0.4, 0.5) is 0 Å². The van der Waals surface area contributed by atoms with Crippen LogP contribution in [0.25, 0.3) is 11.4 Å². The molecule has 0 fully saturated rings. The molecular formula is C15H10Br2N4OS. The van der Waals surface area contributed by atoms with Crippen molar-refractivity contribution >= 4 is 50.3 Å². The van der Waals surface area contributed by atoms with Crippen molar-refractivity contribution in [2.45, 2.75) is 0 Å². The number of benzene rings is 2. The Morgan fingerprint density at radius 1 is 1.22 bits per heavy atom. The van der Waals surface area contributed by atoms with Gasteiger partial charge in [-0.05, 0) is 42.5 Å². The predicted octanol–water partition coefficient (Wildman–Crippen LogP) is 4.72. The summed E-state index contributed by atoms with van der Waals surface area (Å²) < 4.78 is 3.60. The summed E-state index contributed by atoms with van der Waals surface area (Å²) in [5, 5.41) is 21.2. The van der Waals surface area contributed by atoms with E-state index >= 15 is 0 Å². The zero-order chi connectivity index (χ0) is 16.4. The molecule has 8 heteroatoms. The average molecular weight is 454 g/mol. The molecule has 0 spiro atoms. The highest BCUT2D eigenvalue weighted by Crippen LogP contribution is 2.26. The minimum absolute atomic E-state index is 0.134.